The van der Waals surface area contributed by atoms with Crippen molar-refractivity contribution in [2.24, 2.45) is 11.1 Å². The van der Waals surface area contributed by atoms with E-state index in [0.717, 1.165) is 31.2 Å². The molecule has 2 rings (SSSR count). The molecule has 0 aliphatic heterocycles. The number of primary amides is 1. The van der Waals surface area contributed by atoms with Crippen LogP contribution >= 0.6 is 0 Å². The molecule has 1 aliphatic rings. The molecule has 0 atom stereocenters. The first-order valence-electron chi connectivity index (χ1n) is 7.58. The minimum absolute atomic E-state index is 0.234. The number of ether oxygens (including phenoxy) is 1. The molecule has 0 bridgehead atoms. The van der Waals surface area contributed by atoms with Crippen LogP contribution in [-0.2, 0) is 20.9 Å². The lowest BCUT2D eigenvalue weighted by Gasteiger charge is -2.35. The molecule has 0 spiro atoms. The largest absolute Gasteiger partial charge is 0.461 e. The van der Waals surface area contributed by atoms with E-state index < -0.39 is 0 Å². The van der Waals surface area contributed by atoms with Gasteiger partial charge in [0.1, 0.15) is 6.61 Å². The highest BCUT2D eigenvalue weighted by Gasteiger charge is 2.36. The van der Waals surface area contributed by atoms with Crippen LogP contribution in [0.3, 0.4) is 0 Å². The van der Waals surface area contributed by atoms with E-state index in [2.05, 4.69) is 0 Å². The van der Waals surface area contributed by atoms with Crippen molar-refractivity contribution in [3.63, 3.8) is 0 Å². The van der Waals surface area contributed by atoms with Gasteiger partial charge in [0.15, 0.2) is 0 Å². The summed E-state index contributed by atoms with van der Waals surface area (Å²) in [5, 5.41) is 0. The summed E-state index contributed by atoms with van der Waals surface area (Å²) in [7, 11) is 0. The van der Waals surface area contributed by atoms with Crippen molar-refractivity contribution in [2.45, 2.75) is 51.6 Å². The fourth-order valence-corrected chi connectivity index (χ4v) is 3.18. The summed E-state index contributed by atoms with van der Waals surface area (Å²) < 4.78 is 5.35. The third kappa shape index (κ3) is 4.88. The summed E-state index contributed by atoms with van der Waals surface area (Å²) in [5.41, 5.74) is 6.05. The molecule has 1 aromatic carbocycles. The van der Waals surface area contributed by atoms with Crippen LogP contribution in [0.5, 0.6) is 0 Å². The quantitative estimate of drug-likeness (QED) is 0.819. The van der Waals surface area contributed by atoms with E-state index in [-0.39, 0.29) is 30.3 Å². The number of hydrogen-bond acceptors (Lipinski definition) is 3. The predicted octanol–water partition coefficient (Wildman–Crippen LogP) is 2.95. The first-order chi connectivity index (χ1) is 10.1. The molecule has 1 aliphatic carbocycles. The number of amides is 1. The van der Waals surface area contributed by atoms with Crippen LogP contribution in [0.1, 0.15) is 50.5 Å². The molecule has 0 heterocycles. The highest BCUT2D eigenvalue weighted by molar-refractivity contribution is 5.76. The lowest BCUT2D eigenvalue weighted by molar-refractivity contribution is -0.148. The van der Waals surface area contributed by atoms with Gasteiger partial charge in [0, 0.05) is 6.42 Å². The molecule has 0 radical (unpaired) electrons. The molecular formula is C17H23NO3. The standard InChI is InChI=1S/C17H23NO3/c18-15(19)11-17(9-5-2-6-10-17)12-16(20)21-13-14-7-3-1-4-8-14/h1,3-4,7-8H,2,5-6,9-13H2,(H2,18,19). The molecule has 21 heavy (non-hydrogen) atoms. The Labute approximate surface area is 125 Å². The number of esters is 1. The Morgan fingerprint density at radius 2 is 1.71 bits per heavy atom. The Morgan fingerprint density at radius 3 is 2.33 bits per heavy atom. The first-order valence-corrected chi connectivity index (χ1v) is 7.58. The number of nitrogens with two attached hydrogens (primary N) is 1. The molecular weight excluding hydrogens is 266 g/mol. The van der Waals surface area contributed by atoms with Gasteiger partial charge in [-0.3, -0.25) is 9.59 Å². The Balaban J connectivity index is 1.90. The molecule has 1 saturated carbocycles. The van der Waals surface area contributed by atoms with E-state index in [1.165, 1.54) is 6.42 Å². The number of rotatable bonds is 6. The maximum Gasteiger partial charge on any atom is 0.306 e. The van der Waals surface area contributed by atoms with Crippen molar-refractivity contribution >= 4 is 11.9 Å². The van der Waals surface area contributed by atoms with E-state index in [1.54, 1.807) is 0 Å². The zero-order valence-corrected chi connectivity index (χ0v) is 12.3. The van der Waals surface area contributed by atoms with Crippen molar-refractivity contribution in [1.29, 1.82) is 0 Å². The maximum atomic E-state index is 12.1. The fraction of sp³-hybridized carbons (Fsp3) is 0.529. The van der Waals surface area contributed by atoms with E-state index >= 15 is 0 Å². The van der Waals surface area contributed by atoms with Gasteiger partial charge in [-0.1, -0.05) is 49.6 Å². The van der Waals surface area contributed by atoms with Gasteiger partial charge in [0.25, 0.3) is 0 Å². The SMILES string of the molecule is NC(=O)CC1(CC(=O)OCc2ccccc2)CCCCC1. The topological polar surface area (TPSA) is 69.4 Å². The average molecular weight is 289 g/mol. The zero-order valence-electron chi connectivity index (χ0n) is 12.3. The third-order valence-corrected chi connectivity index (χ3v) is 4.23. The minimum atomic E-state index is -0.326. The van der Waals surface area contributed by atoms with E-state index in [0.29, 0.717) is 6.42 Å². The van der Waals surface area contributed by atoms with Gasteiger partial charge >= 0.3 is 5.97 Å². The van der Waals surface area contributed by atoms with E-state index in [9.17, 15) is 9.59 Å². The molecule has 0 aromatic heterocycles. The number of carbonyl (C=O) groups is 2. The van der Waals surface area contributed by atoms with Gasteiger partial charge in [-0.2, -0.15) is 0 Å². The molecule has 1 amide bonds. The molecule has 4 nitrogen and oxygen atoms in total. The molecule has 114 valence electrons. The number of benzene rings is 1. The average Bonchev–Trinajstić information content (AvgIpc) is 2.46. The lowest BCUT2D eigenvalue weighted by atomic mass is 9.69. The zero-order chi connectivity index (χ0) is 15.1. The second-order valence-electron chi connectivity index (χ2n) is 6.03. The Hall–Kier alpha value is -1.84. The smallest absolute Gasteiger partial charge is 0.306 e. The highest BCUT2D eigenvalue weighted by Crippen LogP contribution is 2.42. The van der Waals surface area contributed by atoms with Crippen LogP contribution in [-0.4, -0.2) is 11.9 Å². The van der Waals surface area contributed by atoms with Gasteiger partial charge in [-0.25, -0.2) is 0 Å². The van der Waals surface area contributed by atoms with Gasteiger partial charge in [0.2, 0.25) is 5.91 Å². The maximum absolute atomic E-state index is 12.1. The van der Waals surface area contributed by atoms with Crippen molar-refractivity contribution in [1.82, 2.24) is 0 Å². The van der Waals surface area contributed by atoms with Crippen LogP contribution in [0.4, 0.5) is 0 Å². The monoisotopic (exact) mass is 289 g/mol. The summed E-state index contributed by atoms with van der Waals surface area (Å²) in [6, 6.07) is 9.60. The summed E-state index contributed by atoms with van der Waals surface area (Å²) in [5.74, 6) is -0.560. The van der Waals surface area contributed by atoms with E-state index in [1.807, 2.05) is 30.3 Å². The molecule has 2 N–H and O–H groups in total. The van der Waals surface area contributed by atoms with Crippen molar-refractivity contribution in [3.05, 3.63) is 35.9 Å². The first kappa shape index (κ1) is 15.5. The normalized spacial score (nSPS) is 17.1. The number of carbonyl (C=O) groups excluding carboxylic acids is 2. The predicted molar refractivity (Wildman–Crippen MR) is 80.2 cm³/mol. The van der Waals surface area contributed by atoms with Gasteiger partial charge in [0.05, 0.1) is 6.42 Å². The van der Waals surface area contributed by atoms with Crippen molar-refractivity contribution < 1.29 is 14.3 Å². The number of hydrogen-bond donors (Lipinski definition) is 1. The highest BCUT2D eigenvalue weighted by atomic mass is 16.5. The molecule has 0 saturated heterocycles. The van der Waals surface area contributed by atoms with Crippen LogP contribution in [0.2, 0.25) is 0 Å². The molecule has 0 unspecified atom stereocenters. The third-order valence-electron chi connectivity index (χ3n) is 4.23. The van der Waals surface area contributed by atoms with Crippen LogP contribution in [0.15, 0.2) is 30.3 Å². The van der Waals surface area contributed by atoms with Crippen molar-refractivity contribution in [3.8, 4) is 0 Å². The summed E-state index contributed by atoms with van der Waals surface area (Å²) in [6.07, 6.45) is 5.63. The van der Waals surface area contributed by atoms with Gasteiger partial charge in [-0.15, -0.1) is 0 Å². The molecule has 1 aromatic rings. The Kier molecular flexibility index (Phi) is 5.37. The second kappa shape index (κ2) is 7.25. The van der Waals surface area contributed by atoms with Crippen molar-refractivity contribution in [2.75, 3.05) is 0 Å². The Bertz CT molecular complexity index is 478. The Morgan fingerprint density at radius 1 is 1.05 bits per heavy atom. The molecule has 4 heteroatoms. The van der Waals surface area contributed by atoms with Crippen LogP contribution in [0, 0.1) is 5.41 Å². The fourth-order valence-electron chi connectivity index (χ4n) is 3.18. The summed E-state index contributed by atoms with van der Waals surface area (Å²) >= 11 is 0. The molecule has 1 fully saturated rings. The summed E-state index contributed by atoms with van der Waals surface area (Å²) in [6.45, 7) is 0.284. The van der Waals surface area contributed by atoms with E-state index in [4.69, 9.17) is 10.5 Å². The second-order valence-corrected chi connectivity index (χ2v) is 6.03. The van der Waals surface area contributed by atoms with Gasteiger partial charge in [-0.05, 0) is 23.8 Å². The summed E-state index contributed by atoms with van der Waals surface area (Å²) in [4.78, 5) is 23.4. The minimum Gasteiger partial charge on any atom is -0.461 e. The van der Waals surface area contributed by atoms with Gasteiger partial charge < -0.3 is 10.5 Å². The van der Waals surface area contributed by atoms with Crippen LogP contribution in [0.25, 0.3) is 0 Å². The van der Waals surface area contributed by atoms with Crippen LogP contribution < -0.4 is 5.73 Å². The lowest BCUT2D eigenvalue weighted by Crippen LogP contribution is -2.33.